The van der Waals surface area contributed by atoms with Crippen LogP contribution in [-0.4, -0.2) is 31.1 Å². The maximum atomic E-state index is 12.0. The Balaban J connectivity index is 2.58. The van der Waals surface area contributed by atoms with Crippen molar-refractivity contribution in [2.24, 2.45) is 0 Å². The molecule has 1 aromatic rings. The van der Waals surface area contributed by atoms with Crippen LogP contribution in [0.3, 0.4) is 0 Å². The van der Waals surface area contributed by atoms with Crippen molar-refractivity contribution < 1.29 is 9.59 Å². The summed E-state index contributed by atoms with van der Waals surface area (Å²) >= 11 is 0. The van der Waals surface area contributed by atoms with E-state index in [-0.39, 0.29) is 18.5 Å². The van der Waals surface area contributed by atoms with E-state index in [0.29, 0.717) is 6.54 Å². The lowest BCUT2D eigenvalue weighted by Gasteiger charge is -2.28. The first-order valence-corrected chi connectivity index (χ1v) is 7.85. The van der Waals surface area contributed by atoms with Crippen LogP contribution in [0.1, 0.15) is 39.2 Å². The number of amides is 3. The lowest BCUT2D eigenvalue weighted by Crippen LogP contribution is -2.46. The Bertz CT molecular complexity index is 483. The summed E-state index contributed by atoms with van der Waals surface area (Å²) in [4.78, 5) is 25.6. The van der Waals surface area contributed by atoms with Gasteiger partial charge >= 0.3 is 6.03 Å². The normalized spacial score (nSPS) is 10.4. The number of aryl methyl sites for hydroxylation is 1. The first kappa shape index (κ1) is 18.0. The minimum atomic E-state index is -0.425. The Morgan fingerprint density at radius 2 is 1.82 bits per heavy atom. The summed E-state index contributed by atoms with van der Waals surface area (Å²) in [5.74, 6) is -0.303. The molecule has 0 aliphatic rings. The van der Waals surface area contributed by atoms with Crippen LogP contribution in [-0.2, 0) is 4.79 Å². The molecule has 0 saturated carbocycles. The summed E-state index contributed by atoms with van der Waals surface area (Å²) in [6, 6.07) is 7.75. The van der Waals surface area contributed by atoms with E-state index in [1.165, 1.54) is 5.56 Å². The number of urea groups is 1. The van der Waals surface area contributed by atoms with Gasteiger partial charge in [0.15, 0.2) is 0 Å². The minimum absolute atomic E-state index is 0.155. The molecule has 5 heteroatoms. The minimum Gasteiger partial charge on any atom is -0.360 e. The molecular weight excluding hydrogens is 278 g/mol. The highest BCUT2D eigenvalue weighted by molar-refractivity contribution is 5.96. The highest BCUT2D eigenvalue weighted by atomic mass is 16.2. The summed E-state index contributed by atoms with van der Waals surface area (Å²) in [7, 11) is 0. The van der Waals surface area contributed by atoms with Gasteiger partial charge in [-0.1, -0.05) is 31.0 Å². The number of hydrogen-bond acceptors (Lipinski definition) is 3. The van der Waals surface area contributed by atoms with Crippen molar-refractivity contribution in [1.82, 2.24) is 10.6 Å². The van der Waals surface area contributed by atoms with E-state index in [0.717, 1.165) is 18.5 Å². The first-order chi connectivity index (χ1) is 10.4. The Hall–Kier alpha value is -2.04. The summed E-state index contributed by atoms with van der Waals surface area (Å²) in [5.41, 5.74) is 2.15. The van der Waals surface area contributed by atoms with Gasteiger partial charge in [0.2, 0.25) is 5.91 Å². The van der Waals surface area contributed by atoms with Crippen LogP contribution in [0.5, 0.6) is 0 Å². The summed E-state index contributed by atoms with van der Waals surface area (Å²) < 4.78 is 0. The Morgan fingerprint density at radius 3 is 2.36 bits per heavy atom. The van der Waals surface area contributed by atoms with Gasteiger partial charge < -0.3 is 10.2 Å². The number of hydrogen-bond donors (Lipinski definition) is 2. The second-order valence-electron chi connectivity index (χ2n) is 5.71. The Labute approximate surface area is 133 Å². The van der Waals surface area contributed by atoms with Gasteiger partial charge in [-0.25, -0.2) is 4.79 Å². The first-order valence-electron chi connectivity index (χ1n) is 7.85. The fourth-order valence-corrected chi connectivity index (χ4v) is 2.05. The van der Waals surface area contributed by atoms with Gasteiger partial charge in [-0.3, -0.25) is 10.1 Å². The van der Waals surface area contributed by atoms with Crippen molar-refractivity contribution in [3.8, 4) is 0 Å². The van der Waals surface area contributed by atoms with Crippen molar-refractivity contribution >= 4 is 17.6 Å². The smallest absolute Gasteiger partial charge is 0.321 e. The third-order valence-electron chi connectivity index (χ3n) is 3.37. The van der Waals surface area contributed by atoms with Crippen LogP contribution in [0, 0.1) is 6.92 Å². The van der Waals surface area contributed by atoms with Crippen LogP contribution in [0.15, 0.2) is 24.3 Å². The fourth-order valence-electron chi connectivity index (χ4n) is 2.05. The molecule has 122 valence electrons. The zero-order chi connectivity index (χ0) is 16.5. The molecule has 1 aromatic carbocycles. The average Bonchev–Trinajstić information content (AvgIpc) is 2.46. The number of carbonyl (C=O) groups excluding carboxylic acids is 2. The number of imide groups is 1. The van der Waals surface area contributed by atoms with Crippen molar-refractivity contribution in [3.63, 3.8) is 0 Å². The predicted molar refractivity (Wildman–Crippen MR) is 90.1 cm³/mol. The quantitative estimate of drug-likeness (QED) is 0.762. The highest BCUT2D eigenvalue weighted by Gasteiger charge is 2.16. The Kier molecular flexibility index (Phi) is 7.43. The van der Waals surface area contributed by atoms with E-state index in [1.54, 1.807) is 0 Å². The van der Waals surface area contributed by atoms with Crippen molar-refractivity contribution in [2.75, 3.05) is 18.0 Å². The number of rotatable bonds is 7. The standard InChI is InChI=1S/C17H27N3O2/c1-5-6-11-18-17(22)19-16(21)12-20(13(2)3)15-9-7-14(4)8-10-15/h7-10,13H,5-6,11-12H2,1-4H3,(H2,18,19,21,22). The van der Waals surface area contributed by atoms with Crippen LogP contribution < -0.4 is 15.5 Å². The number of carbonyl (C=O) groups is 2. The lowest BCUT2D eigenvalue weighted by molar-refractivity contribution is -0.118. The van der Waals surface area contributed by atoms with E-state index in [9.17, 15) is 9.59 Å². The molecule has 5 nitrogen and oxygen atoms in total. The van der Waals surface area contributed by atoms with Gasteiger partial charge in [-0.2, -0.15) is 0 Å². The molecular formula is C17H27N3O2. The predicted octanol–water partition coefficient (Wildman–Crippen LogP) is 2.84. The van der Waals surface area contributed by atoms with Crippen LogP contribution in [0.2, 0.25) is 0 Å². The monoisotopic (exact) mass is 305 g/mol. The molecule has 0 fully saturated rings. The third kappa shape index (κ3) is 6.16. The SMILES string of the molecule is CCCCNC(=O)NC(=O)CN(c1ccc(C)cc1)C(C)C. The molecule has 0 atom stereocenters. The Morgan fingerprint density at radius 1 is 1.18 bits per heavy atom. The molecule has 3 amide bonds. The van der Waals surface area contributed by atoms with E-state index < -0.39 is 6.03 Å². The zero-order valence-corrected chi connectivity index (χ0v) is 14.0. The number of anilines is 1. The number of nitrogens with zero attached hydrogens (tertiary/aromatic N) is 1. The molecule has 0 bridgehead atoms. The highest BCUT2D eigenvalue weighted by Crippen LogP contribution is 2.17. The third-order valence-corrected chi connectivity index (χ3v) is 3.37. The number of nitrogens with one attached hydrogen (secondary N) is 2. The molecule has 0 aliphatic carbocycles. The molecule has 0 aliphatic heterocycles. The number of benzene rings is 1. The van der Waals surface area contributed by atoms with Gasteiger partial charge in [-0.05, 0) is 39.3 Å². The van der Waals surface area contributed by atoms with Crippen molar-refractivity contribution in [3.05, 3.63) is 29.8 Å². The molecule has 0 radical (unpaired) electrons. The topological polar surface area (TPSA) is 61.4 Å². The molecule has 22 heavy (non-hydrogen) atoms. The van der Waals surface area contributed by atoms with Gasteiger partial charge in [0, 0.05) is 18.3 Å². The van der Waals surface area contributed by atoms with E-state index >= 15 is 0 Å². The van der Waals surface area contributed by atoms with Gasteiger partial charge in [0.1, 0.15) is 0 Å². The lowest BCUT2D eigenvalue weighted by atomic mass is 10.2. The average molecular weight is 305 g/mol. The maximum absolute atomic E-state index is 12.0. The maximum Gasteiger partial charge on any atom is 0.321 e. The second-order valence-corrected chi connectivity index (χ2v) is 5.71. The second kappa shape index (κ2) is 9.07. The van der Waals surface area contributed by atoms with E-state index in [1.807, 2.05) is 56.9 Å². The van der Waals surface area contributed by atoms with Crippen LogP contribution in [0.4, 0.5) is 10.5 Å². The molecule has 2 N–H and O–H groups in total. The van der Waals surface area contributed by atoms with Gasteiger partial charge in [0.25, 0.3) is 0 Å². The summed E-state index contributed by atoms with van der Waals surface area (Å²) in [6.45, 7) is 8.86. The molecule has 0 aromatic heterocycles. The number of unbranched alkanes of at least 4 members (excludes halogenated alkanes) is 1. The van der Waals surface area contributed by atoms with Gasteiger partial charge in [-0.15, -0.1) is 0 Å². The summed E-state index contributed by atoms with van der Waals surface area (Å²) in [6.07, 6.45) is 1.91. The van der Waals surface area contributed by atoms with E-state index in [2.05, 4.69) is 10.6 Å². The largest absolute Gasteiger partial charge is 0.360 e. The molecule has 1 rings (SSSR count). The van der Waals surface area contributed by atoms with Crippen molar-refractivity contribution in [1.29, 1.82) is 0 Å². The van der Waals surface area contributed by atoms with Crippen LogP contribution >= 0.6 is 0 Å². The fraction of sp³-hybridized carbons (Fsp3) is 0.529. The molecule has 0 saturated heterocycles. The van der Waals surface area contributed by atoms with Gasteiger partial charge in [0.05, 0.1) is 6.54 Å². The van der Waals surface area contributed by atoms with Crippen LogP contribution in [0.25, 0.3) is 0 Å². The molecule has 0 spiro atoms. The molecule has 0 heterocycles. The zero-order valence-electron chi connectivity index (χ0n) is 14.0. The molecule has 0 unspecified atom stereocenters. The van der Waals surface area contributed by atoms with E-state index in [4.69, 9.17) is 0 Å². The van der Waals surface area contributed by atoms with Crippen molar-refractivity contribution in [2.45, 2.75) is 46.6 Å². The summed E-state index contributed by atoms with van der Waals surface area (Å²) in [5, 5.41) is 5.05.